The summed E-state index contributed by atoms with van der Waals surface area (Å²) in [7, 11) is 0. The summed E-state index contributed by atoms with van der Waals surface area (Å²) >= 11 is 6.17. The van der Waals surface area contributed by atoms with E-state index in [4.69, 9.17) is 16.6 Å². The fraction of sp³-hybridized carbons (Fsp3) is 0.167. The van der Waals surface area contributed by atoms with Crippen LogP contribution in [-0.2, 0) is 17.9 Å². The topological polar surface area (TPSA) is 81.8 Å². The number of carbonyl (C=O) groups excluding carboxylic acids is 1. The summed E-state index contributed by atoms with van der Waals surface area (Å²) in [6.07, 6.45) is 0. The molecule has 0 unspecified atom stereocenters. The van der Waals surface area contributed by atoms with Gasteiger partial charge in [0.05, 0.1) is 11.4 Å². The van der Waals surface area contributed by atoms with Crippen LogP contribution in [0.2, 0.25) is 5.02 Å². The number of aryl methyl sites for hydroxylation is 2. The Bertz CT molecular complexity index is 1330. The van der Waals surface area contributed by atoms with Gasteiger partial charge in [0.2, 0.25) is 11.9 Å². The van der Waals surface area contributed by atoms with Crippen molar-refractivity contribution in [2.24, 2.45) is 0 Å². The van der Waals surface area contributed by atoms with Gasteiger partial charge in [0, 0.05) is 28.9 Å². The SMILES string of the molecule is Cc1cc(C)n(-c2nc(-c3ccccc3)cc(=O)n2CC(=O)NCc2ccccc2Cl)n1. The van der Waals surface area contributed by atoms with Crippen LogP contribution >= 0.6 is 11.6 Å². The lowest BCUT2D eigenvalue weighted by molar-refractivity contribution is -0.121. The Morgan fingerprint density at radius 1 is 1.03 bits per heavy atom. The van der Waals surface area contributed by atoms with Crippen LogP contribution in [0, 0.1) is 13.8 Å². The molecule has 0 aliphatic heterocycles. The second-order valence-corrected chi connectivity index (χ2v) is 7.85. The summed E-state index contributed by atoms with van der Waals surface area (Å²) < 4.78 is 2.92. The third-order valence-corrected chi connectivity index (χ3v) is 5.36. The number of aromatic nitrogens is 4. The molecule has 7 nitrogen and oxygen atoms in total. The number of nitrogens with one attached hydrogen (secondary N) is 1. The second kappa shape index (κ2) is 9.20. The van der Waals surface area contributed by atoms with Crippen molar-refractivity contribution in [2.75, 3.05) is 0 Å². The molecule has 1 N–H and O–H groups in total. The van der Waals surface area contributed by atoms with Gasteiger partial charge in [-0.1, -0.05) is 60.1 Å². The molecule has 0 bridgehead atoms. The number of hydrogen-bond acceptors (Lipinski definition) is 4. The first-order chi connectivity index (χ1) is 15.4. The molecule has 8 heteroatoms. The van der Waals surface area contributed by atoms with Gasteiger partial charge in [0.15, 0.2) is 0 Å². The molecule has 1 amide bonds. The number of amides is 1. The molecule has 2 aromatic carbocycles. The predicted molar refractivity (Wildman–Crippen MR) is 124 cm³/mol. The lowest BCUT2D eigenvalue weighted by Crippen LogP contribution is -2.34. The van der Waals surface area contributed by atoms with Gasteiger partial charge < -0.3 is 5.32 Å². The lowest BCUT2D eigenvalue weighted by Gasteiger charge is -2.15. The molecule has 0 spiro atoms. The normalized spacial score (nSPS) is 10.8. The van der Waals surface area contributed by atoms with Crippen LogP contribution in [0.4, 0.5) is 0 Å². The molecule has 4 rings (SSSR count). The average Bonchev–Trinajstić information content (AvgIpc) is 3.12. The fourth-order valence-electron chi connectivity index (χ4n) is 3.43. The van der Waals surface area contributed by atoms with Crippen LogP contribution < -0.4 is 10.9 Å². The zero-order valence-corrected chi connectivity index (χ0v) is 18.5. The molecule has 2 heterocycles. The van der Waals surface area contributed by atoms with E-state index in [0.29, 0.717) is 10.7 Å². The highest BCUT2D eigenvalue weighted by Gasteiger charge is 2.17. The van der Waals surface area contributed by atoms with E-state index in [1.807, 2.05) is 68.4 Å². The molecule has 0 aliphatic carbocycles. The summed E-state index contributed by atoms with van der Waals surface area (Å²) in [4.78, 5) is 30.5. The van der Waals surface area contributed by atoms with Crippen molar-refractivity contribution in [3.05, 3.63) is 99.1 Å². The second-order valence-electron chi connectivity index (χ2n) is 7.44. The smallest absolute Gasteiger partial charge is 0.256 e. The Morgan fingerprint density at radius 3 is 2.44 bits per heavy atom. The average molecular weight is 448 g/mol. The summed E-state index contributed by atoms with van der Waals surface area (Å²) in [5, 5.41) is 7.87. The van der Waals surface area contributed by atoms with Crippen LogP contribution in [0.1, 0.15) is 17.0 Å². The van der Waals surface area contributed by atoms with E-state index in [9.17, 15) is 9.59 Å². The van der Waals surface area contributed by atoms with Crippen LogP contribution in [0.15, 0.2) is 71.5 Å². The van der Waals surface area contributed by atoms with Gasteiger partial charge in [-0.25, -0.2) is 9.67 Å². The minimum atomic E-state index is -0.339. The first-order valence-electron chi connectivity index (χ1n) is 10.1. The van der Waals surface area contributed by atoms with Crippen LogP contribution in [0.5, 0.6) is 0 Å². The molecule has 2 aromatic heterocycles. The Balaban J connectivity index is 1.69. The van der Waals surface area contributed by atoms with E-state index >= 15 is 0 Å². The zero-order chi connectivity index (χ0) is 22.7. The summed E-state index contributed by atoms with van der Waals surface area (Å²) in [5.41, 5.74) is 3.38. The molecule has 0 aliphatic rings. The van der Waals surface area contributed by atoms with Crippen molar-refractivity contribution >= 4 is 17.5 Å². The van der Waals surface area contributed by atoms with Gasteiger partial charge in [-0.05, 0) is 31.5 Å². The highest BCUT2D eigenvalue weighted by Crippen LogP contribution is 2.18. The molecule has 0 radical (unpaired) electrons. The number of hydrogen-bond donors (Lipinski definition) is 1. The number of nitrogens with zero attached hydrogens (tertiary/aromatic N) is 4. The first kappa shape index (κ1) is 21.5. The third-order valence-electron chi connectivity index (χ3n) is 4.99. The molecule has 0 fully saturated rings. The van der Waals surface area contributed by atoms with Crippen LogP contribution in [-0.4, -0.2) is 25.2 Å². The predicted octanol–water partition coefficient (Wildman–Crippen LogP) is 3.68. The van der Waals surface area contributed by atoms with Gasteiger partial charge in [-0.2, -0.15) is 5.10 Å². The van der Waals surface area contributed by atoms with Crippen molar-refractivity contribution in [3.63, 3.8) is 0 Å². The maximum Gasteiger partial charge on any atom is 0.256 e. The van der Waals surface area contributed by atoms with Crippen molar-refractivity contribution in [2.45, 2.75) is 26.9 Å². The number of halogens is 1. The standard InChI is InChI=1S/C24H22ClN5O2/c1-16-12-17(2)30(28-16)24-27-21(18-8-4-3-5-9-18)13-23(32)29(24)15-22(31)26-14-19-10-6-7-11-20(19)25/h3-13H,14-15H2,1-2H3,(H,26,31). The molecule has 32 heavy (non-hydrogen) atoms. The van der Waals surface area contributed by atoms with E-state index in [0.717, 1.165) is 22.5 Å². The minimum Gasteiger partial charge on any atom is -0.350 e. The van der Waals surface area contributed by atoms with E-state index in [-0.39, 0.29) is 30.5 Å². The maximum atomic E-state index is 13.1. The van der Waals surface area contributed by atoms with E-state index in [1.165, 1.54) is 10.6 Å². The minimum absolute atomic E-state index is 0.195. The van der Waals surface area contributed by atoms with Gasteiger partial charge in [0.1, 0.15) is 6.54 Å². The summed E-state index contributed by atoms with van der Waals surface area (Å²) in [5.74, 6) is -0.0427. The number of rotatable bonds is 6. The highest BCUT2D eigenvalue weighted by atomic mass is 35.5. The van der Waals surface area contributed by atoms with Crippen molar-refractivity contribution in [3.8, 4) is 17.2 Å². The summed E-state index contributed by atoms with van der Waals surface area (Å²) in [6.45, 7) is 3.81. The van der Waals surface area contributed by atoms with Gasteiger partial charge >= 0.3 is 0 Å². The largest absolute Gasteiger partial charge is 0.350 e. The van der Waals surface area contributed by atoms with E-state index in [1.54, 1.807) is 10.7 Å². The van der Waals surface area contributed by atoms with Gasteiger partial charge in [-0.3, -0.25) is 14.2 Å². The quantitative estimate of drug-likeness (QED) is 0.488. The lowest BCUT2D eigenvalue weighted by atomic mass is 10.1. The van der Waals surface area contributed by atoms with Crippen LogP contribution in [0.3, 0.4) is 0 Å². The number of carbonyl (C=O) groups is 1. The Kier molecular flexibility index (Phi) is 6.18. The van der Waals surface area contributed by atoms with E-state index < -0.39 is 0 Å². The molecular weight excluding hydrogens is 426 g/mol. The molecule has 0 saturated heterocycles. The first-order valence-corrected chi connectivity index (χ1v) is 10.5. The zero-order valence-electron chi connectivity index (χ0n) is 17.7. The highest BCUT2D eigenvalue weighted by molar-refractivity contribution is 6.31. The third kappa shape index (κ3) is 4.63. The number of benzene rings is 2. The van der Waals surface area contributed by atoms with Crippen molar-refractivity contribution < 1.29 is 4.79 Å². The molecule has 0 saturated carbocycles. The maximum absolute atomic E-state index is 13.1. The molecule has 4 aromatic rings. The monoisotopic (exact) mass is 447 g/mol. The van der Waals surface area contributed by atoms with E-state index in [2.05, 4.69) is 10.4 Å². The Hall–Kier alpha value is -3.71. The van der Waals surface area contributed by atoms with Gasteiger partial charge in [0.25, 0.3) is 5.56 Å². The Labute approximate surface area is 190 Å². The fourth-order valence-corrected chi connectivity index (χ4v) is 3.63. The van der Waals surface area contributed by atoms with Gasteiger partial charge in [-0.15, -0.1) is 0 Å². The molecular formula is C24H22ClN5O2. The van der Waals surface area contributed by atoms with Crippen molar-refractivity contribution in [1.82, 2.24) is 24.6 Å². The summed E-state index contributed by atoms with van der Waals surface area (Å²) in [6, 6.07) is 20.0. The molecule has 0 atom stereocenters. The Morgan fingerprint density at radius 2 is 1.75 bits per heavy atom. The van der Waals surface area contributed by atoms with Crippen molar-refractivity contribution in [1.29, 1.82) is 0 Å². The van der Waals surface area contributed by atoms with Crippen LogP contribution in [0.25, 0.3) is 17.2 Å². The molecule has 162 valence electrons.